The van der Waals surface area contributed by atoms with Crippen molar-refractivity contribution in [3.8, 4) is 0 Å². The van der Waals surface area contributed by atoms with Crippen LogP contribution in [0.25, 0.3) is 0 Å². The van der Waals surface area contributed by atoms with E-state index in [1.165, 1.54) is 12.1 Å². The molecule has 1 heterocycles. The van der Waals surface area contributed by atoms with Gasteiger partial charge in [-0.1, -0.05) is 24.6 Å². The number of hydrogen-bond donors (Lipinski definition) is 1. The van der Waals surface area contributed by atoms with Crippen LogP contribution in [-0.2, 0) is 0 Å². The van der Waals surface area contributed by atoms with Crippen LogP contribution < -0.4 is 5.32 Å². The molecule has 1 aliphatic heterocycles. The van der Waals surface area contributed by atoms with E-state index in [1.54, 1.807) is 11.0 Å². The molecule has 1 amide bonds. The van der Waals surface area contributed by atoms with Gasteiger partial charge in [0, 0.05) is 19.1 Å². The predicted molar refractivity (Wildman–Crippen MR) is 78.6 cm³/mol. The number of hydrogen-bond acceptors (Lipinski definition) is 2. The lowest BCUT2D eigenvalue weighted by molar-refractivity contribution is 0.0741. The minimum Gasteiger partial charge on any atom is -0.337 e. The lowest BCUT2D eigenvalue weighted by Crippen LogP contribution is -2.41. The maximum absolute atomic E-state index is 13.5. The topological polar surface area (TPSA) is 32.3 Å². The van der Waals surface area contributed by atoms with E-state index < -0.39 is 5.82 Å². The van der Waals surface area contributed by atoms with E-state index >= 15 is 0 Å². The van der Waals surface area contributed by atoms with Crippen molar-refractivity contribution in [2.75, 3.05) is 19.6 Å². The Labute approximate surface area is 124 Å². The van der Waals surface area contributed by atoms with Gasteiger partial charge >= 0.3 is 0 Å². The Morgan fingerprint density at radius 1 is 1.55 bits per heavy atom. The molecule has 3 nitrogen and oxygen atoms in total. The van der Waals surface area contributed by atoms with Crippen molar-refractivity contribution in [2.24, 2.45) is 0 Å². The maximum Gasteiger partial charge on any atom is 0.255 e. The summed E-state index contributed by atoms with van der Waals surface area (Å²) in [7, 11) is 0. The molecule has 1 aromatic carbocycles. The molecule has 0 bridgehead atoms. The van der Waals surface area contributed by atoms with Crippen LogP contribution in [0.2, 0.25) is 5.02 Å². The highest BCUT2D eigenvalue weighted by atomic mass is 35.5. The highest BCUT2D eigenvalue weighted by molar-refractivity contribution is 6.34. The molecule has 1 aromatic rings. The second-order valence-electron chi connectivity index (χ2n) is 5.15. The Morgan fingerprint density at radius 3 is 3.00 bits per heavy atom. The van der Waals surface area contributed by atoms with Gasteiger partial charge in [0.05, 0.1) is 10.6 Å². The third kappa shape index (κ3) is 3.49. The van der Waals surface area contributed by atoms with E-state index in [0.717, 1.165) is 25.8 Å². The van der Waals surface area contributed by atoms with Crippen LogP contribution >= 0.6 is 11.6 Å². The van der Waals surface area contributed by atoms with E-state index in [1.807, 2.05) is 6.92 Å². The van der Waals surface area contributed by atoms with Gasteiger partial charge in [-0.25, -0.2) is 4.39 Å². The number of nitrogens with one attached hydrogen (secondary N) is 1. The number of rotatable bonds is 5. The van der Waals surface area contributed by atoms with Crippen LogP contribution in [0.1, 0.15) is 36.5 Å². The Bertz CT molecular complexity index is 475. The van der Waals surface area contributed by atoms with E-state index in [9.17, 15) is 9.18 Å². The van der Waals surface area contributed by atoms with Crippen LogP contribution in [0.3, 0.4) is 0 Å². The van der Waals surface area contributed by atoms with Gasteiger partial charge < -0.3 is 10.2 Å². The first-order valence-corrected chi connectivity index (χ1v) is 7.48. The summed E-state index contributed by atoms with van der Waals surface area (Å²) in [5, 5.41) is 3.29. The highest BCUT2D eigenvalue weighted by Gasteiger charge is 2.24. The van der Waals surface area contributed by atoms with Gasteiger partial charge in [-0.05, 0) is 37.9 Å². The van der Waals surface area contributed by atoms with Crippen LogP contribution in [0.15, 0.2) is 18.2 Å². The molecule has 0 aromatic heterocycles. The summed E-state index contributed by atoms with van der Waals surface area (Å²) < 4.78 is 13.5. The van der Waals surface area contributed by atoms with Gasteiger partial charge in [-0.15, -0.1) is 0 Å². The standard InChI is InChI=1S/C15H20ClFN2O/c1-2-9-19(10-11-5-4-8-18-11)15(20)12-6-3-7-13(17)14(12)16/h3,6-7,11,18H,2,4-5,8-10H2,1H3. The van der Waals surface area contributed by atoms with E-state index in [0.29, 0.717) is 19.1 Å². The second-order valence-corrected chi connectivity index (χ2v) is 5.52. The molecule has 110 valence electrons. The quantitative estimate of drug-likeness (QED) is 0.906. The largest absolute Gasteiger partial charge is 0.337 e. The summed E-state index contributed by atoms with van der Waals surface area (Å²) in [5.41, 5.74) is 0.248. The highest BCUT2D eigenvalue weighted by Crippen LogP contribution is 2.22. The monoisotopic (exact) mass is 298 g/mol. The smallest absolute Gasteiger partial charge is 0.255 e. The molecule has 20 heavy (non-hydrogen) atoms. The van der Waals surface area contributed by atoms with Crippen molar-refractivity contribution in [3.05, 3.63) is 34.6 Å². The minimum absolute atomic E-state index is 0.0852. The first-order valence-electron chi connectivity index (χ1n) is 7.10. The van der Waals surface area contributed by atoms with Gasteiger partial charge in [-0.3, -0.25) is 4.79 Å². The van der Waals surface area contributed by atoms with Gasteiger partial charge in [0.15, 0.2) is 0 Å². The van der Waals surface area contributed by atoms with Crippen LogP contribution in [0.4, 0.5) is 4.39 Å². The lowest BCUT2D eigenvalue weighted by atomic mass is 10.1. The molecule has 0 saturated carbocycles. The molecule has 1 atom stereocenters. The lowest BCUT2D eigenvalue weighted by Gasteiger charge is -2.26. The fraction of sp³-hybridized carbons (Fsp3) is 0.533. The molecule has 1 unspecified atom stereocenters. The molecule has 1 fully saturated rings. The van der Waals surface area contributed by atoms with Crippen molar-refractivity contribution < 1.29 is 9.18 Å². The Morgan fingerprint density at radius 2 is 2.35 bits per heavy atom. The Hall–Kier alpha value is -1.13. The molecule has 0 spiro atoms. The van der Waals surface area contributed by atoms with Crippen LogP contribution in [0, 0.1) is 5.82 Å². The molecule has 0 aliphatic carbocycles. The third-order valence-electron chi connectivity index (χ3n) is 3.57. The molecule has 5 heteroatoms. The van der Waals surface area contributed by atoms with E-state index in [-0.39, 0.29) is 16.5 Å². The zero-order chi connectivity index (χ0) is 14.5. The summed E-state index contributed by atoms with van der Waals surface area (Å²) in [6.07, 6.45) is 3.08. The second kappa shape index (κ2) is 7.04. The van der Waals surface area contributed by atoms with Gasteiger partial charge in [-0.2, -0.15) is 0 Å². The number of halogens is 2. The molecule has 2 rings (SSSR count). The summed E-state index contributed by atoms with van der Waals surface area (Å²) in [4.78, 5) is 14.3. The maximum atomic E-state index is 13.5. The summed E-state index contributed by atoms with van der Waals surface area (Å²) in [6, 6.07) is 4.70. The predicted octanol–water partition coefficient (Wildman–Crippen LogP) is 3.08. The SMILES string of the molecule is CCCN(CC1CCCN1)C(=O)c1cccc(F)c1Cl. The molecular formula is C15H20ClFN2O. The van der Waals surface area contributed by atoms with Crippen LogP contribution in [-0.4, -0.2) is 36.5 Å². The normalized spacial score (nSPS) is 18.2. The van der Waals surface area contributed by atoms with E-state index in [4.69, 9.17) is 11.6 Å². The first-order chi connectivity index (χ1) is 9.63. The molecular weight excluding hydrogens is 279 g/mol. The number of nitrogens with zero attached hydrogens (tertiary/aromatic N) is 1. The number of carbonyl (C=O) groups is 1. The average molecular weight is 299 g/mol. The van der Waals surface area contributed by atoms with Crippen molar-refractivity contribution in [1.82, 2.24) is 10.2 Å². The van der Waals surface area contributed by atoms with Gasteiger partial charge in [0.1, 0.15) is 5.82 Å². The van der Waals surface area contributed by atoms with Crippen molar-refractivity contribution in [1.29, 1.82) is 0 Å². The van der Waals surface area contributed by atoms with Gasteiger partial charge in [0.2, 0.25) is 0 Å². The fourth-order valence-corrected chi connectivity index (χ4v) is 2.77. The molecule has 1 aliphatic rings. The van der Waals surface area contributed by atoms with Crippen molar-refractivity contribution in [2.45, 2.75) is 32.2 Å². The number of amides is 1. The molecule has 0 radical (unpaired) electrons. The summed E-state index contributed by atoms with van der Waals surface area (Å²) in [6.45, 7) is 4.33. The zero-order valence-corrected chi connectivity index (χ0v) is 12.4. The fourth-order valence-electron chi connectivity index (χ4n) is 2.56. The Balaban J connectivity index is 2.14. The van der Waals surface area contributed by atoms with Crippen molar-refractivity contribution in [3.63, 3.8) is 0 Å². The third-order valence-corrected chi connectivity index (χ3v) is 3.95. The van der Waals surface area contributed by atoms with Gasteiger partial charge in [0.25, 0.3) is 5.91 Å². The Kier molecular flexibility index (Phi) is 5.38. The number of benzene rings is 1. The van der Waals surface area contributed by atoms with Crippen molar-refractivity contribution >= 4 is 17.5 Å². The number of carbonyl (C=O) groups excluding carboxylic acids is 1. The molecule has 1 saturated heterocycles. The minimum atomic E-state index is -0.548. The zero-order valence-electron chi connectivity index (χ0n) is 11.7. The summed E-state index contributed by atoms with van der Waals surface area (Å²) in [5.74, 6) is -0.738. The molecule has 1 N–H and O–H groups in total. The summed E-state index contributed by atoms with van der Waals surface area (Å²) >= 11 is 5.91. The average Bonchev–Trinajstić information content (AvgIpc) is 2.94. The van der Waals surface area contributed by atoms with Crippen LogP contribution in [0.5, 0.6) is 0 Å². The first kappa shape index (κ1) is 15.3. The van der Waals surface area contributed by atoms with E-state index in [2.05, 4.69) is 5.32 Å².